The largest absolute Gasteiger partial charge is 0.489 e. The highest BCUT2D eigenvalue weighted by Gasteiger charge is 2.01. The summed E-state index contributed by atoms with van der Waals surface area (Å²) < 4.78 is 8.38. The van der Waals surface area contributed by atoms with Gasteiger partial charge >= 0.3 is 0 Å². The van der Waals surface area contributed by atoms with Crippen molar-refractivity contribution in [1.82, 2.24) is 4.72 Å². The standard InChI is InChI=1S/C14H19NO2S/c1-3-4-12(9-15-18)10-17-14-7-5-13(6-8-14)11(2)16/h5-9,15,18H,3-4,10H2,1-2H3/b12-9+. The fourth-order valence-electron chi connectivity index (χ4n) is 1.56. The first-order valence-corrected chi connectivity index (χ1v) is 6.43. The number of hydrogen-bond donors (Lipinski definition) is 2. The van der Waals surface area contributed by atoms with Crippen molar-refractivity contribution in [3.8, 4) is 5.75 Å². The zero-order valence-electron chi connectivity index (χ0n) is 10.8. The Morgan fingerprint density at radius 1 is 1.39 bits per heavy atom. The summed E-state index contributed by atoms with van der Waals surface area (Å²) in [5.41, 5.74) is 1.85. The van der Waals surface area contributed by atoms with Gasteiger partial charge in [-0.2, -0.15) is 0 Å². The van der Waals surface area contributed by atoms with Crippen molar-refractivity contribution in [2.24, 2.45) is 0 Å². The molecule has 0 amide bonds. The van der Waals surface area contributed by atoms with Crippen LogP contribution in [0.3, 0.4) is 0 Å². The van der Waals surface area contributed by atoms with Gasteiger partial charge in [0.2, 0.25) is 0 Å². The smallest absolute Gasteiger partial charge is 0.159 e. The summed E-state index contributed by atoms with van der Waals surface area (Å²) in [4.78, 5) is 11.1. The lowest BCUT2D eigenvalue weighted by atomic mass is 10.1. The monoisotopic (exact) mass is 265 g/mol. The van der Waals surface area contributed by atoms with Gasteiger partial charge < -0.3 is 9.46 Å². The fourth-order valence-corrected chi connectivity index (χ4v) is 1.74. The van der Waals surface area contributed by atoms with Crippen LogP contribution >= 0.6 is 12.8 Å². The highest BCUT2D eigenvalue weighted by Crippen LogP contribution is 2.14. The molecule has 0 saturated heterocycles. The first kappa shape index (κ1) is 14.6. The molecule has 0 bridgehead atoms. The molecular formula is C14H19NO2S. The summed E-state index contributed by atoms with van der Waals surface area (Å²) in [6.45, 7) is 4.20. The number of ketones is 1. The summed E-state index contributed by atoms with van der Waals surface area (Å²) in [6, 6.07) is 7.18. The predicted molar refractivity (Wildman–Crippen MR) is 77.1 cm³/mol. The Hall–Kier alpha value is -1.42. The highest BCUT2D eigenvalue weighted by molar-refractivity contribution is 7.78. The van der Waals surface area contributed by atoms with Crippen LogP contribution in [-0.4, -0.2) is 12.4 Å². The normalized spacial score (nSPS) is 11.2. The number of ether oxygens (including phenoxy) is 1. The zero-order chi connectivity index (χ0) is 13.4. The first-order valence-electron chi connectivity index (χ1n) is 5.98. The summed E-state index contributed by atoms with van der Waals surface area (Å²) in [5, 5.41) is 0. The Balaban J connectivity index is 2.57. The van der Waals surface area contributed by atoms with Gasteiger partial charge in [0.15, 0.2) is 5.78 Å². The molecule has 0 unspecified atom stereocenters. The van der Waals surface area contributed by atoms with E-state index in [1.807, 2.05) is 18.3 Å². The second-order valence-corrected chi connectivity index (χ2v) is 4.31. The summed E-state index contributed by atoms with van der Waals surface area (Å²) in [7, 11) is 0. The molecule has 0 atom stereocenters. The average molecular weight is 265 g/mol. The molecule has 1 aromatic rings. The van der Waals surface area contributed by atoms with Gasteiger partial charge in [0.1, 0.15) is 12.4 Å². The Kier molecular flexibility index (Phi) is 6.36. The second kappa shape index (κ2) is 7.82. The van der Waals surface area contributed by atoms with Gasteiger partial charge in [0.25, 0.3) is 0 Å². The molecule has 0 radical (unpaired) electrons. The Bertz CT molecular complexity index is 412. The molecule has 98 valence electrons. The van der Waals surface area contributed by atoms with Gasteiger partial charge in [-0.05, 0) is 43.2 Å². The van der Waals surface area contributed by atoms with E-state index in [9.17, 15) is 4.79 Å². The predicted octanol–water partition coefficient (Wildman–Crippen LogP) is 3.39. The van der Waals surface area contributed by atoms with Crippen LogP contribution in [0.4, 0.5) is 0 Å². The van der Waals surface area contributed by atoms with Crippen LogP contribution in [0.5, 0.6) is 5.75 Å². The van der Waals surface area contributed by atoms with E-state index in [1.165, 1.54) is 0 Å². The van der Waals surface area contributed by atoms with E-state index in [0.717, 1.165) is 24.2 Å². The van der Waals surface area contributed by atoms with E-state index in [4.69, 9.17) is 4.74 Å². The molecule has 0 heterocycles. The Morgan fingerprint density at radius 2 is 2.06 bits per heavy atom. The molecular weight excluding hydrogens is 246 g/mol. The van der Waals surface area contributed by atoms with E-state index >= 15 is 0 Å². The molecule has 0 spiro atoms. The van der Waals surface area contributed by atoms with Gasteiger partial charge in [-0.15, -0.1) is 0 Å². The van der Waals surface area contributed by atoms with Crippen LogP contribution in [0.1, 0.15) is 37.0 Å². The molecule has 1 rings (SSSR count). The van der Waals surface area contributed by atoms with Crippen molar-refractivity contribution < 1.29 is 9.53 Å². The molecule has 0 aliphatic carbocycles. The second-order valence-electron chi connectivity index (χ2n) is 4.05. The Morgan fingerprint density at radius 3 is 2.56 bits per heavy atom. The van der Waals surface area contributed by atoms with Crippen molar-refractivity contribution in [2.75, 3.05) is 6.61 Å². The number of hydrogen-bond acceptors (Lipinski definition) is 4. The third-order valence-electron chi connectivity index (χ3n) is 2.52. The quantitative estimate of drug-likeness (QED) is 0.586. The number of rotatable bonds is 7. The number of Topliss-reactive ketones (excluding diaryl/α,β-unsaturated/α-hetero) is 1. The number of thiol groups is 1. The number of nitrogens with one attached hydrogen (secondary N) is 1. The van der Waals surface area contributed by atoms with Crippen LogP contribution in [0.25, 0.3) is 0 Å². The molecule has 0 saturated carbocycles. The van der Waals surface area contributed by atoms with Crippen molar-refractivity contribution in [3.63, 3.8) is 0 Å². The maximum absolute atomic E-state index is 11.1. The van der Waals surface area contributed by atoms with E-state index in [1.54, 1.807) is 19.1 Å². The minimum Gasteiger partial charge on any atom is -0.489 e. The van der Waals surface area contributed by atoms with E-state index in [2.05, 4.69) is 24.5 Å². The average Bonchev–Trinajstić information content (AvgIpc) is 2.37. The minimum atomic E-state index is 0.0624. The molecule has 0 aliphatic heterocycles. The number of carbonyl (C=O) groups is 1. The van der Waals surface area contributed by atoms with Gasteiger partial charge in [0.05, 0.1) is 0 Å². The summed E-state index contributed by atoms with van der Waals surface area (Å²) in [5.74, 6) is 0.827. The SMILES string of the molecule is CCC/C(=C\NS)COc1ccc(C(C)=O)cc1. The van der Waals surface area contributed by atoms with Gasteiger partial charge in [-0.25, -0.2) is 0 Å². The minimum absolute atomic E-state index is 0.0624. The summed E-state index contributed by atoms with van der Waals surface area (Å²) >= 11 is 3.95. The number of benzene rings is 1. The lowest BCUT2D eigenvalue weighted by molar-refractivity contribution is 0.101. The fraction of sp³-hybridized carbons (Fsp3) is 0.357. The third-order valence-corrected chi connectivity index (χ3v) is 2.65. The molecule has 1 aromatic carbocycles. The van der Waals surface area contributed by atoms with Gasteiger partial charge in [0, 0.05) is 11.8 Å². The van der Waals surface area contributed by atoms with Crippen molar-refractivity contribution in [2.45, 2.75) is 26.7 Å². The Labute approximate surface area is 114 Å². The maximum Gasteiger partial charge on any atom is 0.159 e. The highest BCUT2D eigenvalue weighted by atomic mass is 32.1. The van der Waals surface area contributed by atoms with E-state index < -0.39 is 0 Å². The van der Waals surface area contributed by atoms with Crippen molar-refractivity contribution in [1.29, 1.82) is 0 Å². The molecule has 3 nitrogen and oxygen atoms in total. The van der Waals surface area contributed by atoms with Crippen LogP contribution in [0.15, 0.2) is 36.0 Å². The van der Waals surface area contributed by atoms with Crippen LogP contribution in [0.2, 0.25) is 0 Å². The molecule has 0 aromatic heterocycles. The van der Waals surface area contributed by atoms with Crippen molar-refractivity contribution in [3.05, 3.63) is 41.6 Å². The molecule has 0 fully saturated rings. The van der Waals surface area contributed by atoms with Gasteiger partial charge in [-0.3, -0.25) is 4.79 Å². The van der Waals surface area contributed by atoms with Gasteiger partial charge in [-0.1, -0.05) is 26.2 Å². The molecule has 0 aliphatic rings. The lowest BCUT2D eigenvalue weighted by Crippen LogP contribution is -2.04. The maximum atomic E-state index is 11.1. The third kappa shape index (κ3) is 4.84. The van der Waals surface area contributed by atoms with Crippen molar-refractivity contribution >= 4 is 18.6 Å². The van der Waals surface area contributed by atoms with Crippen LogP contribution < -0.4 is 9.46 Å². The molecule has 1 N–H and O–H groups in total. The topological polar surface area (TPSA) is 38.3 Å². The molecule has 18 heavy (non-hydrogen) atoms. The zero-order valence-corrected chi connectivity index (χ0v) is 11.7. The van der Waals surface area contributed by atoms with Crippen LogP contribution in [-0.2, 0) is 0 Å². The van der Waals surface area contributed by atoms with E-state index in [0.29, 0.717) is 12.2 Å². The first-order chi connectivity index (χ1) is 8.67. The number of carbonyl (C=O) groups excluding carboxylic acids is 1. The molecule has 4 heteroatoms. The van der Waals surface area contributed by atoms with Crippen LogP contribution in [0, 0.1) is 0 Å². The summed E-state index contributed by atoms with van der Waals surface area (Å²) in [6.07, 6.45) is 3.88. The lowest BCUT2D eigenvalue weighted by Gasteiger charge is -2.09. The van der Waals surface area contributed by atoms with E-state index in [-0.39, 0.29) is 5.78 Å².